The molecule has 1 fully saturated rings. The molecule has 2 nitrogen and oxygen atoms in total. The Morgan fingerprint density at radius 1 is 1.33 bits per heavy atom. The van der Waals surface area contributed by atoms with Crippen molar-refractivity contribution >= 4 is 0 Å². The van der Waals surface area contributed by atoms with Crippen LogP contribution in [0.4, 0.5) is 0 Å². The van der Waals surface area contributed by atoms with E-state index in [2.05, 4.69) is 13.8 Å². The number of hydrogen-bond donors (Lipinski definition) is 1. The molecule has 0 radical (unpaired) electrons. The lowest BCUT2D eigenvalue weighted by Crippen LogP contribution is -2.29. The first-order valence-electron chi connectivity index (χ1n) is 6.57. The molecule has 0 bridgehead atoms. The Morgan fingerprint density at radius 2 is 2.07 bits per heavy atom. The molecule has 0 heterocycles. The second kappa shape index (κ2) is 7.24. The van der Waals surface area contributed by atoms with E-state index >= 15 is 0 Å². The molecule has 0 amide bonds. The monoisotopic (exact) mass is 214 g/mol. The van der Waals surface area contributed by atoms with E-state index in [0.717, 1.165) is 31.8 Å². The molecular weight excluding hydrogens is 188 g/mol. The minimum absolute atomic E-state index is 0.0602. The minimum Gasteiger partial charge on any atom is -0.390 e. The zero-order valence-corrected chi connectivity index (χ0v) is 10.2. The van der Waals surface area contributed by atoms with Crippen molar-refractivity contribution in [3.63, 3.8) is 0 Å². The first-order valence-corrected chi connectivity index (χ1v) is 6.57. The van der Waals surface area contributed by atoms with Gasteiger partial charge >= 0.3 is 0 Å². The van der Waals surface area contributed by atoms with Crippen LogP contribution in [0.2, 0.25) is 0 Å². The zero-order valence-electron chi connectivity index (χ0n) is 10.2. The van der Waals surface area contributed by atoms with Gasteiger partial charge in [-0.1, -0.05) is 39.5 Å². The van der Waals surface area contributed by atoms with Crippen LogP contribution >= 0.6 is 0 Å². The van der Waals surface area contributed by atoms with Crippen molar-refractivity contribution in [2.24, 2.45) is 5.92 Å². The molecule has 2 unspecified atom stereocenters. The lowest BCUT2D eigenvalue weighted by molar-refractivity contribution is -0.0479. The maximum Gasteiger partial charge on any atom is 0.0831 e. The SMILES string of the molecule is CCCC(O)C(CC)OCCC1CCC1. The van der Waals surface area contributed by atoms with Crippen LogP contribution in [0.25, 0.3) is 0 Å². The first kappa shape index (κ1) is 13.0. The lowest BCUT2D eigenvalue weighted by atomic mass is 9.83. The number of aliphatic hydroxyl groups is 1. The van der Waals surface area contributed by atoms with Gasteiger partial charge in [-0.05, 0) is 25.2 Å². The van der Waals surface area contributed by atoms with Gasteiger partial charge in [0.15, 0.2) is 0 Å². The molecule has 1 N–H and O–H groups in total. The molecule has 1 saturated carbocycles. The number of rotatable bonds is 8. The highest BCUT2D eigenvalue weighted by molar-refractivity contribution is 4.71. The molecular formula is C13H26O2. The van der Waals surface area contributed by atoms with Crippen LogP contribution in [0.15, 0.2) is 0 Å². The van der Waals surface area contributed by atoms with Crippen LogP contribution in [0, 0.1) is 5.92 Å². The van der Waals surface area contributed by atoms with Crippen LogP contribution < -0.4 is 0 Å². The van der Waals surface area contributed by atoms with Crippen LogP contribution in [-0.4, -0.2) is 23.9 Å². The van der Waals surface area contributed by atoms with E-state index < -0.39 is 0 Å². The largest absolute Gasteiger partial charge is 0.390 e. The molecule has 0 aliphatic heterocycles. The summed E-state index contributed by atoms with van der Waals surface area (Å²) in [5, 5.41) is 9.82. The Bertz CT molecular complexity index is 155. The number of hydrogen-bond acceptors (Lipinski definition) is 2. The van der Waals surface area contributed by atoms with Gasteiger partial charge in [-0.25, -0.2) is 0 Å². The van der Waals surface area contributed by atoms with E-state index in [1.807, 2.05) is 0 Å². The topological polar surface area (TPSA) is 29.5 Å². The second-order valence-corrected chi connectivity index (χ2v) is 4.76. The van der Waals surface area contributed by atoms with Gasteiger partial charge in [0, 0.05) is 6.61 Å². The highest BCUT2D eigenvalue weighted by Gasteiger charge is 2.20. The Balaban J connectivity index is 2.08. The quantitative estimate of drug-likeness (QED) is 0.672. The van der Waals surface area contributed by atoms with Gasteiger partial charge in [-0.2, -0.15) is 0 Å². The first-order chi connectivity index (χ1) is 7.27. The van der Waals surface area contributed by atoms with Gasteiger partial charge in [0.25, 0.3) is 0 Å². The maximum atomic E-state index is 9.82. The van der Waals surface area contributed by atoms with Crippen LogP contribution in [0.5, 0.6) is 0 Å². The van der Waals surface area contributed by atoms with Crippen molar-refractivity contribution in [3.05, 3.63) is 0 Å². The van der Waals surface area contributed by atoms with E-state index in [1.54, 1.807) is 0 Å². The van der Waals surface area contributed by atoms with Crippen molar-refractivity contribution in [3.8, 4) is 0 Å². The van der Waals surface area contributed by atoms with Gasteiger partial charge in [0.2, 0.25) is 0 Å². The summed E-state index contributed by atoms with van der Waals surface area (Å²) < 4.78 is 5.76. The maximum absolute atomic E-state index is 9.82. The van der Waals surface area contributed by atoms with Gasteiger partial charge < -0.3 is 9.84 Å². The second-order valence-electron chi connectivity index (χ2n) is 4.76. The van der Waals surface area contributed by atoms with Crippen molar-refractivity contribution in [2.75, 3.05) is 6.61 Å². The lowest BCUT2D eigenvalue weighted by Gasteiger charge is -2.27. The molecule has 0 aromatic carbocycles. The molecule has 1 aliphatic rings. The summed E-state index contributed by atoms with van der Waals surface area (Å²) in [6, 6.07) is 0. The third-order valence-corrected chi connectivity index (χ3v) is 3.50. The normalized spacial score (nSPS) is 21.0. The van der Waals surface area contributed by atoms with Crippen molar-refractivity contribution in [1.29, 1.82) is 0 Å². The van der Waals surface area contributed by atoms with Gasteiger partial charge in [0.05, 0.1) is 12.2 Å². The third kappa shape index (κ3) is 4.52. The van der Waals surface area contributed by atoms with E-state index in [-0.39, 0.29) is 12.2 Å². The fraction of sp³-hybridized carbons (Fsp3) is 1.00. The highest BCUT2D eigenvalue weighted by Crippen LogP contribution is 2.29. The Kier molecular flexibility index (Phi) is 6.26. The standard InChI is InChI=1S/C13H26O2/c1-3-6-12(14)13(4-2)15-10-9-11-7-5-8-11/h11-14H,3-10H2,1-2H3. The van der Waals surface area contributed by atoms with Crippen LogP contribution in [0.3, 0.4) is 0 Å². The summed E-state index contributed by atoms with van der Waals surface area (Å²) >= 11 is 0. The van der Waals surface area contributed by atoms with Gasteiger partial charge in [-0.15, -0.1) is 0 Å². The number of ether oxygens (including phenoxy) is 1. The van der Waals surface area contributed by atoms with E-state index in [9.17, 15) is 5.11 Å². The van der Waals surface area contributed by atoms with Crippen molar-refractivity contribution in [1.82, 2.24) is 0 Å². The molecule has 1 rings (SSSR count). The molecule has 0 aromatic heterocycles. The minimum atomic E-state index is -0.263. The molecule has 15 heavy (non-hydrogen) atoms. The Labute approximate surface area is 94.0 Å². The summed E-state index contributed by atoms with van der Waals surface area (Å²) in [6.45, 7) is 5.03. The Hall–Kier alpha value is -0.0800. The fourth-order valence-electron chi connectivity index (χ4n) is 2.15. The summed E-state index contributed by atoms with van der Waals surface area (Å²) in [6.07, 6.45) is 7.98. The summed E-state index contributed by atoms with van der Waals surface area (Å²) in [5.41, 5.74) is 0. The van der Waals surface area contributed by atoms with Gasteiger partial charge in [-0.3, -0.25) is 0 Å². The molecule has 1 aliphatic carbocycles. The predicted molar refractivity (Wildman–Crippen MR) is 62.9 cm³/mol. The van der Waals surface area contributed by atoms with Crippen LogP contribution in [-0.2, 0) is 4.74 Å². The van der Waals surface area contributed by atoms with Gasteiger partial charge in [0.1, 0.15) is 0 Å². The molecule has 2 heteroatoms. The fourth-order valence-corrected chi connectivity index (χ4v) is 2.15. The van der Waals surface area contributed by atoms with E-state index in [0.29, 0.717) is 0 Å². The van der Waals surface area contributed by atoms with Crippen molar-refractivity contribution < 1.29 is 9.84 Å². The Morgan fingerprint density at radius 3 is 2.53 bits per heavy atom. The summed E-state index contributed by atoms with van der Waals surface area (Å²) in [7, 11) is 0. The average molecular weight is 214 g/mol. The molecule has 0 spiro atoms. The zero-order chi connectivity index (χ0) is 11.1. The van der Waals surface area contributed by atoms with Crippen molar-refractivity contribution in [2.45, 2.75) is 71.0 Å². The predicted octanol–water partition coefficient (Wildman–Crippen LogP) is 3.13. The molecule has 0 aromatic rings. The smallest absolute Gasteiger partial charge is 0.0831 e. The van der Waals surface area contributed by atoms with E-state index in [4.69, 9.17) is 4.74 Å². The summed E-state index contributed by atoms with van der Waals surface area (Å²) in [5.74, 6) is 0.908. The highest BCUT2D eigenvalue weighted by atomic mass is 16.5. The average Bonchev–Trinajstić information content (AvgIpc) is 2.15. The summed E-state index contributed by atoms with van der Waals surface area (Å²) in [4.78, 5) is 0. The molecule has 90 valence electrons. The van der Waals surface area contributed by atoms with Crippen LogP contribution in [0.1, 0.15) is 58.8 Å². The molecule has 0 saturated heterocycles. The molecule has 2 atom stereocenters. The van der Waals surface area contributed by atoms with E-state index in [1.165, 1.54) is 25.7 Å². The number of aliphatic hydroxyl groups excluding tert-OH is 1. The third-order valence-electron chi connectivity index (χ3n) is 3.50.